The number of non-ortho nitro benzene ring substituents is 1. The third-order valence-corrected chi connectivity index (χ3v) is 3.42. The average molecular weight is 238 g/mol. The largest absolute Gasteiger partial charge is 0.580 e. The fourth-order valence-corrected chi connectivity index (χ4v) is 1.72. The number of nitro benzene ring substituents is 1. The van der Waals surface area contributed by atoms with Gasteiger partial charge in [-0.3, -0.25) is 10.1 Å². The molecule has 0 amide bonds. The lowest BCUT2D eigenvalue weighted by Crippen LogP contribution is -2.22. The van der Waals surface area contributed by atoms with Crippen LogP contribution in [-0.4, -0.2) is 16.7 Å². The number of rotatable bonds is 2. The zero-order chi connectivity index (χ0) is 11.6. The van der Waals surface area contributed by atoms with Crippen LogP contribution in [0.3, 0.4) is 0 Å². The van der Waals surface area contributed by atoms with E-state index in [2.05, 4.69) is 0 Å². The monoisotopic (exact) mass is 238 g/mol. The quantitative estimate of drug-likeness (QED) is 0.451. The molecule has 3 nitrogen and oxygen atoms in total. The summed E-state index contributed by atoms with van der Waals surface area (Å²) >= 11 is 0. The minimum absolute atomic E-state index is 0.0492. The minimum atomic E-state index is -4.30. The number of hydrogen-bond acceptors (Lipinski definition) is 2. The van der Waals surface area contributed by atoms with E-state index in [0.717, 1.165) is 30.5 Å². The molecule has 0 aliphatic carbocycles. The minimum Gasteiger partial charge on any atom is -0.258 e. The topological polar surface area (TPSA) is 43.1 Å². The normalized spacial score (nSPS) is 13.6. The smallest absolute Gasteiger partial charge is 0.258 e. The Balaban J connectivity index is 2.94. The number of benzene rings is 1. The van der Waals surface area contributed by atoms with E-state index in [4.69, 9.17) is 0 Å². The summed E-state index contributed by atoms with van der Waals surface area (Å²) in [7, 11) is -1.89. The Bertz CT molecular complexity index is 363. The molecule has 1 aromatic rings. The maximum Gasteiger partial charge on any atom is 0.580 e. The van der Waals surface area contributed by atoms with Crippen molar-refractivity contribution in [3.8, 4) is 0 Å². The Hall–Kier alpha value is -1.24. The Morgan fingerprint density at radius 3 is 2.07 bits per heavy atom. The van der Waals surface area contributed by atoms with E-state index in [1.807, 2.05) is 0 Å². The van der Waals surface area contributed by atoms with Gasteiger partial charge in [-0.05, 0) is 0 Å². The van der Waals surface area contributed by atoms with Gasteiger partial charge in [-0.1, -0.05) is 0 Å². The second-order valence-corrected chi connectivity index (χ2v) is 4.66. The predicted octanol–water partition coefficient (Wildman–Crippen LogP) is 2.72. The first kappa shape index (κ1) is 11.8. The molecule has 1 unspecified atom stereocenters. The SMILES string of the molecule is C[S+](c1ccc([N+](=O)[O-])cc1)C(F)(F)F. The second kappa shape index (κ2) is 4.09. The molecule has 82 valence electrons. The van der Waals surface area contributed by atoms with Crippen molar-refractivity contribution in [3.05, 3.63) is 34.4 Å². The molecule has 1 rings (SSSR count). The first-order valence-corrected chi connectivity index (χ1v) is 5.43. The fraction of sp³-hybridized carbons (Fsp3) is 0.250. The average Bonchev–Trinajstić information content (AvgIpc) is 2.15. The van der Waals surface area contributed by atoms with Gasteiger partial charge in [0.25, 0.3) is 5.69 Å². The molecular formula is C8H7F3NO2S+. The van der Waals surface area contributed by atoms with Crippen LogP contribution in [0.4, 0.5) is 18.9 Å². The van der Waals surface area contributed by atoms with Crippen LogP contribution < -0.4 is 0 Å². The van der Waals surface area contributed by atoms with Gasteiger partial charge in [0.1, 0.15) is 17.2 Å². The highest BCUT2D eigenvalue weighted by Crippen LogP contribution is 2.31. The number of halogens is 3. The van der Waals surface area contributed by atoms with Gasteiger partial charge in [0.15, 0.2) is 4.90 Å². The lowest BCUT2D eigenvalue weighted by Gasteiger charge is -2.04. The van der Waals surface area contributed by atoms with Crippen LogP contribution in [0.25, 0.3) is 0 Å². The molecule has 7 heteroatoms. The van der Waals surface area contributed by atoms with Gasteiger partial charge in [-0.15, -0.1) is 13.2 Å². The number of alkyl halides is 3. The van der Waals surface area contributed by atoms with Crippen molar-refractivity contribution in [3.63, 3.8) is 0 Å². The Labute approximate surface area is 86.4 Å². The maximum absolute atomic E-state index is 12.3. The Morgan fingerprint density at radius 1 is 1.27 bits per heavy atom. The number of hydrogen-bond donors (Lipinski definition) is 0. The van der Waals surface area contributed by atoms with Crippen molar-refractivity contribution in [2.45, 2.75) is 10.4 Å². The highest BCUT2D eigenvalue weighted by Gasteiger charge is 2.49. The summed E-state index contributed by atoms with van der Waals surface area (Å²) in [5, 5.41) is 10.3. The van der Waals surface area contributed by atoms with E-state index in [1.165, 1.54) is 0 Å². The number of nitro groups is 1. The first-order valence-electron chi connectivity index (χ1n) is 3.79. The molecule has 0 radical (unpaired) electrons. The zero-order valence-corrected chi connectivity index (χ0v) is 8.43. The van der Waals surface area contributed by atoms with Crippen molar-refractivity contribution in [1.29, 1.82) is 0 Å². The summed E-state index contributed by atoms with van der Waals surface area (Å²) < 4.78 is 36.8. The molecule has 0 bridgehead atoms. The number of nitrogens with zero attached hydrogens (tertiary/aromatic N) is 1. The molecule has 0 aliphatic rings. The van der Waals surface area contributed by atoms with E-state index in [0.29, 0.717) is 0 Å². The first-order chi connectivity index (χ1) is 6.82. The molecule has 0 heterocycles. The van der Waals surface area contributed by atoms with Crippen LogP contribution in [-0.2, 0) is 10.9 Å². The van der Waals surface area contributed by atoms with Crippen LogP contribution in [0.2, 0.25) is 0 Å². The molecule has 0 saturated carbocycles. The molecule has 0 saturated heterocycles. The van der Waals surface area contributed by atoms with Crippen molar-refractivity contribution in [2.24, 2.45) is 0 Å². The van der Waals surface area contributed by atoms with E-state index in [1.54, 1.807) is 0 Å². The molecular weight excluding hydrogens is 231 g/mol. The van der Waals surface area contributed by atoms with Gasteiger partial charge in [0.05, 0.1) is 4.92 Å². The van der Waals surface area contributed by atoms with Gasteiger partial charge < -0.3 is 0 Å². The van der Waals surface area contributed by atoms with Crippen LogP contribution in [0.1, 0.15) is 0 Å². The lowest BCUT2D eigenvalue weighted by atomic mass is 10.3. The van der Waals surface area contributed by atoms with Crippen molar-refractivity contribution in [2.75, 3.05) is 6.26 Å². The summed E-state index contributed by atoms with van der Waals surface area (Å²) in [5.41, 5.74) is -4.51. The summed E-state index contributed by atoms with van der Waals surface area (Å²) in [5.74, 6) is 0. The molecule has 1 atom stereocenters. The highest BCUT2D eigenvalue weighted by atomic mass is 32.2. The molecule has 0 N–H and O–H groups in total. The van der Waals surface area contributed by atoms with Crippen LogP contribution in [0, 0.1) is 10.1 Å². The molecule has 0 aromatic heterocycles. The standard InChI is InChI=1S/C8H7F3NO2S/c1-15(8(9,10)11)7-4-2-6(3-5-7)12(13)14/h2-5H,1H3/q+1. The van der Waals surface area contributed by atoms with Gasteiger partial charge in [0, 0.05) is 24.3 Å². The van der Waals surface area contributed by atoms with Gasteiger partial charge in [-0.25, -0.2) is 0 Å². The molecule has 1 aromatic carbocycles. The molecule has 0 spiro atoms. The zero-order valence-electron chi connectivity index (χ0n) is 7.62. The molecule has 0 fully saturated rings. The third-order valence-electron chi connectivity index (χ3n) is 1.75. The van der Waals surface area contributed by atoms with Gasteiger partial charge >= 0.3 is 5.51 Å². The van der Waals surface area contributed by atoms with E-state index in [9.17, 15) is 23.3 Å². The maximum atomic E-state index is 12.3. The van der Waals surface area contributed by atoms with Crippen LogP contribution in [0.5, 0.6) is 0 Å². The molecule has 15 heavy (non-hydrogen) atoms. The Kier molecular flexibility index (Phi) is 3.23. The summed E-state index contributed by atoms with van der Waals surface area (Å²) in [6.07, 6.45) is 1.04. The van der Waals surface area contributed by atoms with Gasteiger partial charge in [-0.2, -0.15) is 0 Å². The van der Waals surface area contributed by atoms with E-state index >= 15 is 0 Å². The fourth-order valence-electron chi connectivity index (χ4n) is 0.906. The lowest BCUT2D eigenvalue weighted by molar-refractivity contribution is -0.384. The summed E-state index contributed by atoms with van der Waals surface area (Å²) in [4.78, 5) is 9.67. The van der Waals surface area contributed by atoms with E-state index < -0.39 is 21.3 Å². The van der Waals surface area contributed by atoms with Crippen LogP contribution in [0.15, 0.2) is 29.2 Å². The van der Waals surface area contributed by atoms with Gasteiger partial charge in [0.2, 0.25) is 0 Å². The van der Waals surface area contributed by atoms with E-state index in [-0.39, 0.29) is 10.6 Å². The summed E-state index contributed by atoms with van der Waals surface area (Å²) in [6, 6.07) is 4.42. The van der Waals surface area contributed by atoms with Crippen molar-refractivity contribution < 1.29 is 18.1 Å². The molecule has 0 aliphatic heterocycles. The van der Waals surface area contributed by atoms with Crippen LogP contribution >= 0.6 is 0 Å². The third kappa shape index (κ3) is 2.85. The Morgan fingerprint density at radius 2 is 1.73 bits per heavy atom. The van der Waals surface area contributed by atoms with Crippen molar-refractivity contribution in [1.82, 2.24) is 0 Å². The highest BCUT2D eigenvalue weighted by molar-refractivity contribution is 7.97. The summed E-state index contributed by atoms with van der Waals surface area (Å²) in [6.45, 7) is 0. The second-order valence-electron chi connectivity index (χ2n) is 2.71. The van der Waals surface area contributed by atoms with Crippen molar-refractivity contribution >= 4 is 16.6 Å². The predicted molar refractivity (Wildman–Crippen MR) is 50.7 cm³/mol.